The highest BCUT2D eigenvalue weighted by Gasteiger charge is 2.17. The number of ether oxygens (including phenoxy) is 4. The third-order valence-electron chi connectivity index (χ3n) is 2.60. The first-order valence-electron chi connectivity index (χ1n) is 6.03. The van der Waals surface area contributed by atoms with Gasteiger partial charge in [0.25, 0.3) is 11.9 Å². The molecule has 1 amide bonds. The van der Waals surface area contributed by atoms with Crippen molar-refractivity contribution >= 4 is 11.9 Å². The first-order valence-corrected chi connectivity index (χ1v) is 6.03. The van der Waals surface area contributed by atoms with E-state index in [1.54, 1.807) is 25.3 Å². The molecule has 20 heavy (non-hydrogen) atoms. The maximum atomic E-state index is 12.0. The summed E-state index contributed by atoms with van der Waals surface area (Å²) in [6.45, 7) is 1.02. The van der Waals surface area contributed by atoms with Crippen molar-refractivity contribution in [1.82, 2.24) is 5.32 Å². The number of amidine groups is 1. The number of fused-ring (bicyclic) bond motifs is 1. The Balaban J connectivity index is 2.01. The van der Waals surface area contributed by atoms with Crippen molar-refractivity contribution in [2.24, 2.45) is 4.99 Å². The fraction of sp³-hybridized carbons (Fsp3) is 0.385. The number of hydrogen-bond acceptors (Lipinski definition) is 6. The van der Waals surface area contributed by atoms with Crippen molar-refractivity contribution in [3.05, 3.63) is 23.8 Å². The summed E-state index contributed by atoms with van der Waals surface area (Å²) in [4.78, 5) is 16.1. The highest BCUT2D eigenvalue weighted by Crippen LogP contribution is 2.32. The average Bonchev–Trinajstić information content (AvgIpc) is 2.93. The lowest BCUT2D eigenvalue weighted by molar-refractivity contribution is 0.0967. The van der Waals surface area contributed by atoms with E-state index in [2.05, 4.69) is 10.3 Å². The standard InChI is InChI=1S/C13H16N2O5/c1-17-6-5-14-13(18-2)15-12(16)9-3-4-10-11(7-9)20-8-19-10/h3-4,7H,5-6,8H2,1-2H3,(H,14,15,16). The molecule has 1 aromatic carbocycles. The van der Waals surface area contributed by atoms with Crippen LogP contribution in [0.1, 0.15) is 10.4 Å². The molecule has 0 aromatic heterocycles. The summed E-state index contributed by atoms with van der Waals surface area (Å²) in [6, 6.07) is 5.08. The summed E-state index contributed by atoms with van der Waals surface area (Å²) in [5.41, 5.74) is 0.436. The third kappa shape index (κ3) is 3.39. The summed E-state index contributed by atoms with van der Waals surface area (Å²) in [5.74, 6) is 0.844. The van der Waals surface area contributed by atoms with Crippen molar-refractivity contribution in [2.75, 3.05) is 34.2 Å². The highest BCUT2D eigenvalue weighted by molar-refractivity contribution is 6.04. The molecule has 0 aliphatic carbocycles. The van der Waals surface area contributed by atoms with Gasteiger partial charge in [0.1, 0.15) is 0 Å². The van der Waals surface area contributed by atoms with Gasteiger partial charge >= 0.3 is 0 Å². The second-order valence-electron chi connectivity index (χ2n) is 3.91. The van der Waals surface area contributed by atoms with E-state index in [1.807, 2.05) is 0 Å². The molecular formula is C13H16N2O5. The Morgan fingerprint density at radius 1 is 1.35 bits per heavy atom. The third-order valence-corrected chi connectivity index (χ3v) is 2.60. The van der Waals surface area contributed by atoms with Crippen LogP contribution in [-0.2, 0) is 9.47 Å². The largest absolute Gasteiger partial charge is 0.468 e. The SMILES string of the molecule is COCCN=C(NC(=O)c1ccc2c(c1)OCO2)OC. The van der Waals surface area contributed by atoms with Crippen LogP contribution in [0.25, 0.3) is 0 Å². The topological polar surface area (TPSA) is 78.4 Å². The molecule has 1 N–H and O–H groups in total. The van der Waals surface area contributed by atoms with Crippen LogP contribution >= 0.6 is 0 Å². The molecule has 0 bridgehead atoms. The first kappa shape index (κ1) is 14.1. The monoisotopic (exact) mass is 280 g/mol. The average molecular weight is 280 g/mol. The normalized spacial score (nSPS) is 13.2. The number of carbonyl (C=O) groups is 1. The lowest BCUT2D eigenvalue weighted by Gasteiger charge is -2.07. The fourth-order valence-electron chi connectivity index (χ4n) is 1.60. The van der Waals surface area contributed by atoms with Gasteiger partial charge in [0.15, 0.2) is 11.5 Å². The molecule has 0 saturated carbocycles. The smallest absolute Gasteiger partial charge is 0.291 e. The van der Waals surface area contributed by atoms with E-state index < -0.39 is 0 Å². The molecule has 1 aliphatic heterocycles. The molecule has 0 radical (unpaired) electrons. The van der Waals surface area contributed by atoms with Crippen LogP contribution in [0.5, 0.6) is 11.5 Å². The Morgan fingerprint density at radius 3 is 2.90 bits per heavy atom. The molecule has 108 valence electrons. The van der Waals surface area contributed by atoms with Crippen LogP contribution in [0.4, 0.5) is 0 Å². The van der Waals surface area contributed by atoms with Crippen molar-refractivity contribution in [3.63, 3.8) is 0 Å². The van der Waals surface area contributed by atoms with Gasteiger partial charge in [-0.15, -0.1) is 0 Å². The number of carbonyl (C=O) groups excluding carboxylic acids is 1. The summed E-state index contributed by atoms with van der Waals surface area (Å²) in [5, 5.41) is 2.57. The number of rotatable bonds is 4. The van der Waals surface area contributed by atoms with Gasteiger partial charge in [0, 0.05) is 12.7 Å². The van der Waals surface area contributed by atoms with Gasteiger partial charge in [-0.1, -0.05) is 0 Å². The minimum atomic E-state index is -0.332. The lowest BCUT2D eigenvalue weighted by Crippen LogP contribution is -2.32. The number of amides is 1. The van der Waals surface area contributed by atoms with E-state index in [0.717, 1.165) is 0 Å². The van der Waals surface area contributed by atoms with E-state index >= 15 is 0 Å². The minimum Gasteiger partial charge on any atom is -0.468 e. The van der Waals surface area contributed by atoms with Gasteiger partial charge in [0.05, 0.1) is 20.3 Å². The number of methoxy groups -OCH3 is 2. The molecular weight excluding hydrogens is 264 g/mol. The maximum absolute atomic E-state index is 12.0. The predicted octanol–water partition coefficient (Wildman–Crippen LogP) is 0.794. The van der Waals surface area contributed by atoms with Crippen LogP contribution < -0.4 is 14.8 Å². The minimum absolute atomic E-state index is 0.143. The van der Waals surface area contributed by atoms with E-state index in [1.165, 1.54) is 7.11 Å². The second-order valence-corrected chi connectivity index (χ2v) is 3.91. The number of aliphatic imine (C=N–C) groups is 1. The second kappa shape index (κ2) is 6.76. The van der Waals surface area contributed by atoms with Crippen LogP contribution in [0, 0.1) is 0 Å². The zero-order valence-corrected chi connectivity index (χ0v) is 11.3. The molecule has 0 unspecified atom stereocenters. The van der Waals surface area contributed by atoms with Crippen molar-refractivity contribution in [1.29, 1.82) is 0 Å². The molecule has 2 rings (SSSR count). The van der Waals surface area contributed by atoms with Gasteiger partial charge in [-0.05, 0) is 18.2 Å². The molecule has 0 fully saturated rings. The molecule has 1 aromatic rings. The number of hydrogen-bond donors (Lipinski definition) is 1. The molecule has 7 nitrogen and oxygen atoms in total. The van der Waals surface area contributed by atoms with Gasteiger partial charge in [-0.25, -0.2) is 4.99 Å². The molecule has 0 saturated heterocycles. The number of benzene rings is 1. The molecule has 0 spiro atoms. The van der Waals surface area contributed by atoms with Crippen molar-refractivity contribution in [2.45, 2.75) is 0 Å². The molecule has 1 heterocycles. The summed E-state index contributed by atoms with van der Waals surface area (Å²) >= 11 is 0. The van der Waals surface area contributed by atoms with Crippen LogP contribution in [-0.4, -0.2) is 46.1 Å². The van der Waals surface area contributed by atoms with Crippen molar-refractivity contribution < 1.29 is 23.7 Å². The van der Waals surface area contributed by atoms with Gasteiger partial charge < -0.3 is 18.9 Å². The van der Waals surface area contributed by atoms with Crippen molar-refractivity contribution in [3.8, 4) is 11.5 Å². The Labute approximate surface area is 116 Å². The van der Waals surface area contributed by atoms with Gasteiger partial charge in [-0.3, -0.25) is 10.1 Å². The van der Waals surface area contributed by atoms with Gasteiger partial charge in [-0.2, -0.15) is 0 Å². The molecule has 1 aliphatic rings. The maximum Gasteiger partial charge on any atom is 0.291 e. The van der Waals surface area contributed by atoms with Gasteiger partial charge in [0.2, 0.25) is 6.79 Å². The van der Waals surface area contributed by atoms with Crippen LogP contribution in [0.3, 0.4) is 0 Å². The van der Waals surface area contributed by atoms with Crippen LogP contribution in [0.2, 0.25) is 0 Å². The fourth-order valence-corrected chi connectivity index (χ4v) is 1.60. The molecule has 0 atom stereocenters. The van der Waals surface area contributed by atoms with E-state index in [-0.39, 0.29) is 18.7 Å². The Bertz CT molecular complexity index is 515. The predicted molar refractivity (Wildman–Crippen MR) is 71.2 cm³/mol. The zero-order chi connectivity index (χ0) is 14.4. The number of nitrogens with one attached hydrogen (secondary N) is 1. The Hall–Kier alpha value is -2.28. The van der Waals surface area contributed by atoms with Crippen LogP contribution in [0.15, 0.2) is 23.2 Å². The zero-order valence-electron chi connectivity index (χ0n) is 11.3. The van der Waals surface area contributed by atoms with E-state index in [9.17, 15) is 4.79 Å². The summed E-state index contributed by atoms with van der Waals surface area (Å²) in [7, 11) is 3.01. The summed E-state index contributed by atoms with van der Waals surface area (Å²) in [6.07, 6.45) is 0. The first-order chi connectivity index (χ1) is 9.74. The highest BCUT2D eigenvalue weighted by atomic mass is 16.7. The summed E-state index contributed by atoms with van der Waals surface area (Å²) < 4.78 is 20.3. The van der Waals surface area contributed by atoms with E-state index in [4.69, 9.17) is 18.9 Å². The Kier molecular flexibility index (Phi) is 4.78. The number of nitrogens with zero attached hydrogens (tertiary/aromatic N) is 1. The quantitative estimate of drug-likeness (QED) is 0.501. The Morgan fingerprint density at radius 2 is 2.15 bits per heavy atom. The lowest BCUT2D eigenvalue weighted by atomic mass is 10.2. The van der Waals surface area contributed by atoms with E-state index in [0.29, 0.717) is 30.2 Å². The molecule has 7 heteroatoms.